The third kappa shape index (κ3) is 5.01. The molecule has 0 radical (unpaired) electrons. The van der Waals surface area contributed by atoms with Crippen molar-refractivity contribution >= 4 is 11.6 Å². The van der Waals surface area contributed by atoms with Gasteiger partial charge in [0.05, 0.1) is 24.5 Å². The van der Waals surface area contributed by atoms with Crippen LogP contribution in [0.25, 0.3) is 11.1 Å². The number of aromatic nitrogens is 3. The number of hydrogen-bond acceptors (Lipinski definition) is 6. The summed E-state index contributed by atoms with van der Waals surface area (Å²) in [6.07, 6.45) is 8.16. The number of amides is 1. The number of hydrogen-bond donors (Lipinski definition) is 3. The Hall–Kier alpha value is -3.39. The van der Waals surface area contributed by atoms with Crippen LogP contribution < -0.4 is 20.7 Å². The van der Waals surface area contributed by atoms with Crippen LogP contribution in [0.4, 0.5) is 5.69 Å². The minimum absolute atomic E-state index is 0.0323. The highest BCUT2D eigenvalue weighted by Crippen LogP contribution is 2.34. The minimum atomic E-state index is -0.0947. The molecule has 4 heterocycles. The van der Waals surface area contributed by atoms with E-state index in [-0.39, 0.29) is 18.1 Å². The second-order valence-electron chi connectivity index (χ2n) is 8.86. The molecule has 0 spiro atoms. The average Bonchev–Trinajstić information content (AvgIpc) is 3.29. The predicted octanol–water partition coefficient (Wildman–Crippen LogP) is 2.90. The zero-order valence-electron chi connectivity index (χ0n) is 18.8. The van der Waals surface area contributed by atoms with Crippen molar-refractivity contribution in [3.8, 4) is 17.0 Å². The molecule has 0 aliphatic carbocycles. The van der Waals surface area contributed by atoms with Crippen LogP contribution in [0.1, 0.15) is 30.9 Å². The van der Waals surface area contributed by atoms with Gasteiger partial charge in [0.15, 0.2) is 0 Å². The van der Waals surface area contributed by atoms with Crippen molar-refractivity contribution in [3.63, 3.8) is 0 Å². The SMILES string of the molecule is Cn1cc(-c2cnc3c(c2)NC[C@@H]([C@H](NCC[C@H]2CCC(=O)NC2)c2ccccc2)O3)cn1. The van der Waals surface area contributed by atoms with E-state index in [4.69, 9.17) is 4.74 Å². The molecule has 5 rings (SSSR count). The number of nitrogens with one attached hydrogen (secondary N) is 3. The smallest absolute Gasteiger partial charge is 0.237 e. The number of rotatable bonds is 7. The summed E-state index contributed by atoms with van der Waals surface area (Å²) in [6.45, 7) is 2.31. The number of aryl methyl sites for hydroxylation is 1. The Balaban J connectivity index is 1.28. The molecule has 33 heavy (non-hydrogen) atoms. The van der Waals surface area contributed by atoms with E-state index in [1.165, 1.54) is 5.56 Å². The van der Waals surface area contributed by atoms with E-state index in [1.54, 1.807) is 4.68 Å². The van der Waals surface area contributed by atoms with Crippen LogP contribution in [0.3, 0.4) is 0 Å². The molecule has 8 heteroatoms. The van der Waals surface area contributed by atoms with E-state index in [2.05, 4.69) is 56.4 Å². The molecule has 172 valence electrons. The lowest BCUT2D eigenvalue weighted by atomic mass is 9.95. The second kappa shape index (κ2) is 9.62. The molecule has 1 saturated heterocycles. The van der Waals surface area contributed by atoms with Gasteiger partial charge in [-0.15, -0.1) is 0 Å². The highest BCUT2D eigenvalue weighted by atomic mass is 16.5. The summed E-state index contributed by atoms with van der Waals surface area (Å²) in [5.41, 5.74) is 4.13. The van der Waals surface area contributed by atoms with Crippen LogP contribution in [-0.4, -0.2) is 46.4 Å². The molecule has 1 aromatic carbocycles. The van der Waals surface area contributed by atoms with Gasteiger partial charge in [-0.3, -0.25) is 9.48 Å². The molecule has 2 aromatic heterocycles. The van der Waals surface area contributed by atoms with Gasteiger partial charge in [0, 0.05) is 43.5 Å². The number of pyridine rings is 1. The van der Waals surface area contributed by atoms with E-state index in [1.807, 2.05) is 31.7 Å². The maximum Gasteiger partial charge on any atom is 0.237 e. The van der Waals surface area contributed by atoms with Crippen LogP contribution >= 0.6 is 0 Å². The fraction of sp³-hybridized carbons (Fsp3) is 0.400. The number of benzene rings is 1. The molecule has 3 aromatic rings. The van der Waals surface area contributed by atoms with Gasteiger partial charge in [-0.2, -0.15) is 5.10 Å². The summed E-state index contributed by atoms with van der Waals surface area (Å²) in [4.78, 5) is 16.0. The Morgan fingerprint density at radius 2 is 2.06 bits per heavy atom. The molecule has 0 unspecified atom stereocenters. The van der Waals surface area contributed by atoms with E-state index in [0.717, 1.165) is 42.7 Å². The molecule has 0 bridgehead atoms. The number of ether oxygens (including phenoxy) is 1. The molecule has 1 amide bonds. The molecule has 2 aliphatic heterocycles. The van der Waals surface area contributed by atoms with Crippen LogP contribution in [-0.2, 0) is 11.8 Å². The first-order valence-electron chi connectivity index (χ1n) is 11.6. The van der Waals surface area contributed by atoms with E-state index < -0.39 is 0 Å². The Morgan fingerprint density at radius 3 is 2.82 bits per heavy atom. The van der Waals surface area contributed by atoms with Crippen molar-refractivity contribution < 1.29 is 9.53 Å². The van der Waals surface area contributed by atoms with Gasteiger partial charge in [-0.1, -0.05) is 30.3 Å². The molecule has 3 atom stereocenters. The minimum Gasteiger partial charge on any atom is -0.469 e. The number of fused-ring (bicyclic) bond motifs is 1. The first-order chi connectivity index (χ1) is 16.2. The van der Waals surface area contributed by atoms with Crippen LogP contribution in [0.15, 0.2) is 55.0 Å². The molecule has 1 fully saturated rings. The highest BCUT2D eigenvalue weighted by Gasteiger charge is 2.30. The zero-order chi connectivity index (χ0) is 22.6. The molecular formula is C25H30N6O2. The van der Waals surface area contributed by atoms with Crippen molar-refractivity contribution in [1.29, 1.82) is 0 Å². The van der Waals surface area contributed by atoms with Gasteiger partial charge in [0.1, 0.15) is 6.10 Å². The molecule has 0 saturated carbocycles. The van der Waals surface area contributed by atoms with Crippen molar-refractivity contribution in [3.05, 3.63) is 60.6 Å². The lowest BCUT2D eigenvalue weighted by molar-refractivity contribution is -0.122. The second-order valence-corrected chi connectivity index (χ2v) is 8.86. The number of nitrogens with zero attached hydrogens (tertiary/aromatic N) is 3. The maximum atomic E-state index is 11.4. The third-order valence-corrected chi connectivity index (χ3v) is 6.46. The van der Waals surface area contributed by atoms with Crippen molar-refractivity contribution in [2.75, 3.05) is 25.0 Å². The van der Waals surface area contributed by atoms with Crippen LogP contribution in [0.2, 0.25) is 0 Å². The summed E-state index contributed by atoms with van der Waals surface area (Å²) in [5, 5.41) is 14.5. The number of anilines is 1. The standard InChI is InChI=1S/C25H30N6O2/c1-31-16-20(14-30-31)19-11-21-25(29-13-19)33-22(15-27-21)24(18-5-3-2-4-6-18)26-10-9-17-7-8-23(32)28-12-17/h2-6,11,13-14,16-17,22,24,26-27H,7-10,12,15H2,1H3,(H,28,32)/t17-,22+,24-/m1/s1. The van der Waals surface area contributed by atoms with Gasteiger partial charge in [-0.05, 0) is 36.9 Å². The average molecular weight is 447 g/mol. The third-order valence-electron chi connectivity index (χ3n) is 6.46. The van der Waals surface area contributed by atoms with Crippen LogP contribution in [0.5, 0.6) is 5.88 Å². The first-order valence-corrected chi connectivity index (χ1v) is 11.6. The van der Waals surface area contributed by atoms with Gasteiger partial charge in [0.2, 0.25) is 11.8 Å². The van der Waals surface area contributed by atoms with E-state index in [9.17, 15) is 4.79 Å². The topological polar surface area (TPSA) is 93.1 Å². The quantitative estimate of drug-likeness (QED) is 0.517. The summed E-state index contributed by atoms with van der Waals surface area (Å²) in [7, 11) is 1.91. The Morgan fingerprint density at radius 1 is 1.18 bits per heavy atom. The van der Waals surface area contributed by atoms with Gasteiger partial charge in [0.25, 0.3) is 0 Å². The fourth-order valence-electron chi connectivity index (χ4n) is 4.58. The Bertz CT molecular complexity index is 1090. The van der Waals surface area contributed by atoms with Gasteiger partial charge < -0.3 is 20.7 Å². The molecular weight excluding hydrogens is 416 g/mol. The van der Waals surface area contributed by atoms with Crippen molar-refractivity contribution in [1.82, 2.24) is 25.4 Å². The zero-order valence-corrected chi connectivity index (χ0v) is 18.8. The van der Waals surface area contributed by atoms with Gasteiger partial charge >= 0.3 is 0 Å². The van der Waals surface area contributed by atoms with E-state index >= 15 is 0 Å². The molecule has 2 aliphatic rings. The Kier molecular flexibility index (Phi) is 6.26. The van der Waals surface area contributed by atoms with Crippen LogP contribution in [0, 0.1) is 5.92 Å². The summed E-state index contributed by atoms with van der Waals surface area (Å²) in [6, 6.07) is 12.5. The normalized spacial score (nSPS) is 20.8. The van der Waals surface area contributed by atoms with Gasteiger partial charge in [-0.25, -0.2) is 4.98 Å². The maximum absolute atomic E-state index is 11.4. The van der Waals surface area contributed by atoms with Crippen molar-refractivity contribution in [2.24, 2.45) is 13.0 Å². The number of carbonyl (C=O) groups excluding carboxylic acids is 1. The lowest BCUT2D eigenvalue weighted by Crippen LogP contribution is -2.43. The summed E-state index contributed by atoms with van der Waals surface area (Å²) in [5.74, 6) is 1.31. The fourth-order valence-corrected chi connectivity index (χ4v) is 4.58. The summed E-state index contributed by atoms with van der Waals surface area (Å²) < 4.78 is 8.17. The molecule has 8 nitrogen and oxygen atoms in total. The molecule has 3 N–H and O–H groups in total. The number of carbonyl (C=O) groups is 1. The van der Waals surface area contributed by atoms with E-state index in [0.29, 0.717) is 24.8 Å². The lowest BCUT2D eigenvalue weighted by Gasteiger charge is -2.34. The Labute approximate surface area is 193 Å². The monoisotopic (exact) mass is 446 g/mol. The predicted molar refractivity (Wildman–Crippen MR) is 127 cm³/mol. The largest absolute Gasteiger partial charge is 0.469 e. The highest BCUT2D eigenvalue weighted by molar-refractivity contribution is 5.76. The number of piperidine rings is 1. The first kappa shape index (κ1) is 21.5. The summed E-state index contributed by atoms with van der Waals surface area (Å²) >= 11 is 0. The van der Waals surface area contributed by atoms with Crippen molar-refractivity contribution in [2.45, 2.75) is 31.4 Å².